The van der Waals surface area contributed by atoms with Gasteiger partial charge in [-0.25, -0.2) is 0 Å². The Labute approximate surface area is 132 Å². The van der Waals surface area contributed by atoms with Crippen molar-refractivity contribution in [2.75, 3.05) is 0 Å². The lowest BCUT2D eigenvalue weighted by molar-refractivity contribution is -0.126. The first-order valence-corrected chi connectivity index (χ1v) is 6.82. The Morgan fingerprint density at radius 1 is 1.13 bits per heavy atom. The Morgan fingerprint density at radius 3 is 2.65 bits per heavy atom. The summed E-state index contributed by atoms with van der Waals surface area (Å²) in [7, 11) is 0. The van der Waals surface area contributed by atoms with Crippen molar-refractivity contribution in [3.05, 3.63) is 65.1 Å². The Kier molecular flexibility index (Phi) is 5.03. The SMILES string of the molecule is O=C(Cc1cccc(O)c1)NNC(=O)C1=C(O)C=C(O)C=CC1. The molecular weight excluding hydrogens is 300 g/mol. The summed E-state index contributed by atoms with van der Waals surface area (Å²) in [6.45, 7) is 0. The minimum absolute atomic E-state index is 0.0166. The summed E-state index contributed by atoms with van der Waals surface area (Å²) >= 11 is 0. The molecule has 1 aliphatic carbocycles. The number of carbonyl (C=O) groups excluding carboxylic acids is 2. The van der Waals surface area contributed by atoms with Gasteiger partial charge in [0.25, 0.3) is 5.91 Å². The number of phenolic OH excluding ortho intramolecular Hbond substituents is 1. The third-order valence-corrected chi connectivity index (χ3v) is 3.07. The number of aliphatic hydroxyl groups is 2. The van der Waals surface area contributed by atoms with Crippen molar-refractivity contribution in [3.63, 3.8) is 0 Å². The van der Waals surface area contributed by atoms with E-state index in [1.807, 2.05) is 0 Å². The molecule has 0 atom stereocenters. The van der Waals surface area contributed by atoms with Crippen LogP contribution in [0.5, 0.6) is 5.75 Å². The van der Waals surface area contributed by atoms with Crippen molar-refractivity contribution < 1.29 is 24.9 Å². The first-order chi connectivity index (χ1) is 11.0. The fourth-order valence-corrected chi connectivity index (χ4v) is 1.98. The minimum atomic E-state index is -0.678. The highest BCUT2D eigenvalue weighted by atomic mass is 16.3. The predicted octanol–water partition coefficient (Wildman–Crippen LogP) is 1.30. The molecule has 0 aromatic heterocycles. The van der Waals surface area contributed by atoms with Crippen molar-refractivity contribution in [1.82, 2.24) is 10.9 Å². The number of hydrogen-bond donors (Lipinski definition) is 5. The highest BCUT2D eigenvalue weighted by Gasteiger charge is 2.16. The molecule has 1 aliphatic rings. The summed E-state index contributed by atoms with van der Waals surface area (Å²) in [5.74, 6) is -1.65. The molecule has 0 radical (unpaired) electrons. The van der Waals surface area contributed by atoms with Gasteiger partial charge in [0, 0.05) is 6.08 Å². The molecule has 23 heavy (non-hydrogen) atoms. The van der Waals surface area contributed by atoms with E-state index in [1.54, 1.807) is 12.1 Å². The molecule has 120 valence electrons. The van der Waals surface area contributed by atoms with Gasteiger partial charge in [-0.3, -0.25) is 20.4 Å². The van der Waals surface area contributed by atoms with E-state index in [0.717, 1.165) is 6.08 Å². The number of phenols is 1. The van der Waals surface area contributed by atoms with Crippen LogP contribution in [0, 0.1) is 0 Å². The molecule has 0 fully saturated rings. The zero-order valence-corrected chi connectivity index (χ0v) is 12.1. The molecule has 2 amide bonds. The third-order valence-electron chi connectivity index (χ3n) is 3.07. The number of rotatable bonds is 3. The predicted molar refractivity (Wildman–Crippen MR) is 82.2 cm³/mol. The number of carbonyl (C=O) groups is 2. The second-order valence-electron chi connectivity index (χ2n) is 4.89. The van der Waals surface area contributed by atoms with Gasteiger partial charge < -0.3 is 15.3 Å². The van der Waals surface area contributed by atoms with E-state index in [9.17, 15) is 24.9 Å². The van der Waals surface area contributed by atoms with Crippen LogP contribution in [0.4, 0.5) is 0 Å². The first-order valence-electron chi connectivity index (χ1n) is 6.82. The molecule has 2 rings (SSSR count). The fourth-order valence-electron chi connectivity index (χ4n) is 1.98. The second kappa shape index (κ2) is 7.17. The van der Waals surface area contributed by atoms with Gasteiger partial charge in [0.15, 0.2) is 0 Å². The standard InChI is InChI=1S/C16H16N2O5/c19-11-4-1-3-10(7-11)8-15(22)17-18-16(23)13-6-2-5-12(20)9-14(13)21/h1-5,7,9,19-21H,6,8H2,(H,17,22)(H,18,23). The molecule has 0 bridgehead atoms. The minimum Gasteiger partial charge on any atom is -0.508 e. The van der Waals surface area contributed by atoms with Crippen LogP contribution < -0.4 is 10.9 Å². The van der Waals surface area contributed by atoms with Crippen molar-refractivity contribution in [1.29, 1.82) is 0 Å². The zero-order valence-electron chi connectivity index (χ0n) is 12.1. The quantitative estimate of drug-likeness (QED) is 0.539. The van der Waals surface area contributed by atoms with E-state index in [1.165, 1.54) is 24.3 Å². The molecular formula is C16H16N2O5. The van der Waals surface area contributed by atoms with Gasteiger partial charge in [0.1, 0.15) is 17.3 Å². The maximum absolute atomic E-state index is 12.0. The summed E-state index contributed by atoms with van der Waals surface area (Å²) in [5.41, 5.74) is 5.03. The molecule has 7 nitrogen and oxygen atoms in total. The van der Waals surface area contributed by atoms with Crippen LogP contribution >= 0.6 is 0 Å². The molecule has 0 spiro atoms. The molecule has 0 saturated heterocycles. The van der Waals surface area contributed by atoms with E-state index in [-0.39, 0.29) is 35.7 Å². The number of aromatic hydroxyl groups is 1. The maximum Gasteiger partial charge on any atom is 0.269 e. The summed E-state index contributed by atoms with van der Waals surface area (Å²) < 4.78 is 0. The zero-order chi connectivity index (χ0) is 16.8. The molecule has 0 saturated carbocycles. The van der Waals surface area contributed by atoms with Gasteiger partial charge in [0.2, 0.25) is 5.91 Å². The Bertz CT molecular complexity index is 719. The summed E-state index contributed by atoms with van der Waals surface area (Å²) in [4.78, 5) is 23.7. The molecule has 0 aliphatic heterocycles. The molecule has 0 heterocycles. The van der Waals surface area contributed by atoms with Crippen molar-refractivity contribution in [2.45, 2.75) is 12.8 Å². The monoisotopic (exact) mass is 316 g/mol. The van der Waals surface area contributed by atoms with E-state index in [0.29, 0.717) is 5.56 Å². The molecule has 5 N–H and O–H groups in total. The lowest BCUT2D eigenvalue weighted by Crippen LogP contribution is -2.43. The average Bonchev–Trinajstić information content (AvgIpc) is 2.65. The highest BCUT2D eigenvalue weighted by molar-refractivity contribution is 5.96. The van der Waals surface area contributed by atoms with Crippen LogP contribution in [0.1, 0.15) is 12.0 Å². The largest absolute Gasteiger partial charge is 0.508 e. The van der Waals surface area contributed by atoms with Gasteiger partial charge in [0.05, 0.1) is 12.0 Å². The van der Waals surface area contributed by atoms with Crippen LogP contribution in [0.2, 0.25) is 0 Å². The summed E-state index contributed by atoms with van der Waals surface area (Å²) in [6, 6.07) is 6.20. The lowest BCUT2D eigenvalue weighted by atomic mass is 10.1. The van der Waals surface area contributed by atoms with Crippen LogP contribution in [-0.2, 0) is 16.0 Å². The smallest absolute Gasteiger partial charge is 0.269 e. The van der Waals surface area contributed by atoms with Gasteiger partial charge in [-0.1, -0.05) is 18.2 Å². The topological polar surface area (TPSA) is 119 Å². The summed E-state index contributed by atoms with van der Waals surface area (Å²) in [5, 5.41) is 28.4. The number of benzene rings is 1. The van der Waals surface area contributed by atoms with Crippen molar-refractivity contribution in [2.24, 2.45) is 0 Å². The van der Waals surface area contributed by atoms with E-state index in [4.69, 9.17) is 0 Å². The molecule has 1 aromatic rings. The number of nitrogens with one attached hydrogen (secondary N) is 2. The van der Waals surface area contributed by atoms with Crippen molar-refractivity contribution in [3.8, 4) is 5.75 Å². The second-order valence-corrected chi connectivity index (χ2v) is 4.89. The number of allylic oxidation sites excluding steroid dienone is 3. The van der Waals surface area contributed by atoms with Gasteiger partial charge in [-0.2, -0.15) is 0 Å². The lowest BCUT2D eigenvalue weighted by Gasteiger charge is -2.09. The number of hydrazine groups is 1. The third kappa shape index (κ3) is 4.63. The van der Waals surface area contributed by atoms with E-state index in [2.05, 4.69) is 10.9 Å². The normalized spacial score (nSPS) is 14.0. The number of aliphatic hydroxyl groups excluding tert-OH is 2. The van der Waals surface area contributed by atoms with Gasteiger partial charge >= 0.3 is 0 Å². The van der Waals surface area contributed by atoms with Crippen LogP contribution in [0.15, 0.2) is 59.6 Å². The van der Waals surface area contributed by atoms with Crippen LogP contribution in [0.3, 0.4) is 0 Å². The first kappa shape index (κ1) is 16.2. The van der Waals surface area contributed by atoms with Crippen LogP contribution in [-0.4, -0.2) is 27.1 Å². The average molecular weight is 316 g/mol. The molecule has 1 aromatic carbocycles. The van der Waals surface area contributed by atoms with Gasteiger partial charge in [-0.15, -0.1) is 0 Å². The maximum atomic E-state index is 12.0. The number of amides is 2. The van der Waals surface area contributed by atoms with Crippen molar-refractivity contribution >= 4 is 11.8 Å². The van der Waals surface area contributed by atoms with E-state index >= 15 is 0 Å². The van der Waals surface area contributed by atoms with E-state index < -0.39 is 11.8 Å². The highest BCUT2D eigenvalue weighted by Crippen LogP contribution is 2.15. The Hall–Kier alpha value is -3.22. The van der Waals surface area contributed by atoms with Gasteiger partial charge in [-0.05, 0) is 30.2 Å². The van der Waals surface area contributed by atoms with Crippen LogP contribution in [0.25, 0.3) is 0 Å². The number of hydrogen-bond acceptors (Lipinski definition) is 5. The fraction of sp³-hybridized carbons (Fsp3) is 0.125. The summed E-state index contributed by atoms with van der Waals surface area (Å²) in [6.07, 6.45) is 4.00. The Balaban J connectivity index is 1.93. The molecule has 7 heteroatoms. The Morgan fingerprint density at radius 2 is 1.91 bits per heavy atom. The molecule has 0 unspecified atom stereocenters.